The summed E-state index contributed by atoms with van der Waals surface area (Å²) in [5.41, 5.74) is 4.38. The summed E-state index contributed by atoms with van der Waals surface area (Å²) < 4.78 is 5.84. The van der Waals surface area contributed by atoms with Crippen molar-refractivity contribution in [2.24, 2.45) is 0 Å². The standard InChI is InChI=1S/C30H22N2O3S/c1-20-11-13-21(14-12-20)26-10-6-5-7-22(26)19-27-28(33)31-30(36)32(29(27)34)23-15-17-25(18-16-23)35-24-8-3-2-4-9-24/h2-19H,1H3,(H,31,33,36)/b27-19+. The molecule has 1 N–H and O–H groups in total. The van der Waals surface area contributed by atoms with Gasteiger partial charge in [-0.2, -0.15) is 0 Å². The number of para-hydroxylation sites is 1. The van der Waals surface area contributed by atoms with E-state index in [-0.39, 0.29) is 10.7 Å². The second-order valence-corrected chi connectivity index (χ2v) is 8.71. The molecule has 0 unspecified atom stereocenters. The van der Waals surface area contributed by atoms with Crippen LogP contribution in [-0.4, -0.2) is 16.9 Å². The molecule has 0 atom stereocenters. The Balaban J connectivity index is 1.45. The van der Waals surface area contributed by atoms with E-state index in [0.717, 1.165) is 22.3 Å². The molecule has 1 heterocycles. The third-order valence-corrected chi connectivity index (χ3v) is 6.08. The van der Waals surface area contributed by atoms with Crippen LogP contribution in [0.3, 0.4) is 0 Å². The van der Waals surface area contributed by atoms with Crippen LogP contribution in [0.2, 0.25) is 0 Å². The number of hydrogen-bond acceptors (Lipinski definition) is 4. The van der Waals surface area contributed by atoms with E-state index in [9.17, 15) is 9.59 Å². The number of rotatable bonds is 5. The first-order chi connectivity index (χ1) is 17.5. The van der Waals surface area contributed by atoms with Crippen LogP contribution in [0.25, 0.3) is 17.2 Å². The molecule has 0 aromatic heterocycles. The fourth-order valence-electron chi connectivity index (χ4n) is 3.95. The second kappa shape index (κ2) is 9.98. The molecule has 1 fully saturated rings. The van der Waals surface area contributed by atoms with Crippen molar-refractivity contribution in [2.75, 3.05) is 4.90 Å². The Labute approximate surface area is 214 Å². The number of hydrogen-bond donors (Lipinski definition) is 1. The molecule has 2 amide bonds. The van der Waals surface area contributed by atoms with Gasteiger partial charge in [-0.15, -0.1) is 0 Å². The van der Waals surface area contributed by atoms with Crippen molar-refractivity contribution in [3.63, 3.8) is 0 Å². The van der Waals surface area contributed by atoms with Gasteiger partial charge in [0.25, 0.3) is 11.8 Å². The molecule has 4 aromatic rings. The number of nitrogens with zero attached hydrogens (tertiary/aromatic N) is 1. The van der Waals surface area contributed by atoms with Gasteiger partial charge in [0.1, 0.15) is 17.1 Å². The smallest absolute Gasteiger partial charge is 0.270 e. The van der Waals surface area contributed by atoms with Crippen LogP contribution < -0.4 is 15.0 Å². The first kappa shape index (κ1) is 23.2. The van der Waals surface area contributed by atoms with Gasteiger partial charge < -0.3 is 4.74 Å². The summed E-state index contributed by atoms with van der Waals surface area (Å²) >= 11 is 5.35. The van der Waals surface area contributed by atoms with Gasteiger partial charge in [-0.25, -0.2) is 0 Å². The van der Waals surface area contributed by atoms with Crippen molar-refractivity contribution in [3.05, 3.63) is 120 Å². The Morgan fingerprint density at radius 2 is 1.42 bits per heavy atom. The van der Waals surface area contributed by atoms with Crippen molar-refractivity contribution in [1.29, 1.82) is 0 Å². The number of carbonyl (C=O) groups is 2. The predicted octanol–water partition coefficient (Wildman–Crippen LogP) is 6.29. The van der Waals surface area contributed by atoms with Crippen LogP contribution in [0.1, 0.15) is 11.1 Å². The third-order valence-electron chi connectivity index (χ3n) is 5.80. The molecule has 1 aliphatic heterocycles. The Kier molecular flexibility index (Phi) is 6.43. The van der Waals surface area contributed by atoms with E-state index in [1.54, 1.807) is 30.3 Å². The fraction of sp³-hybridized carbons (Fsp3) is 0.0333. The van der Waals surface area contributed by atoms with E-state index in [1.165, 1.54) is 4.90 Å². The van der Waals surface area contributed by atoms with Crippen molar-refractivity contribution < 1.29 is 14.3 Å². The number of nitrogens with one attached hydrogen (secondary N) is 1. The summed E-state index contributed by atoms with van der Waals surface area (Å²) in [5, 5.41) is 2.68. The van der Waals surface area contributed by atoms with E-state index in [0.29, 0.717) is 17.2 Å². The van der Waals surface area contributed by atoms with E-state index >= 15 is 0 Å². The van der Waals surface area contributed by atoms with Crippen molar-refractivity contribution >= 4 is 40.9 Å². The third kappa shape index (κ3) is 4.80. The van der Waals surface area contributed by atoms with E-state index in [2.05, 4.69) is 5.32 Å². The topological polar surface area (TPSA) is 58.6 Å². The maximum absolute atomic E-state index is 13.5. The average Bonchev–Trinajstić information content (AvgIpc) is 2.89. The van der Waals surface area contributed by atoms with Gasteiger partial charge in [-0.1, -0.05) is 72.3 Å². The average molecular weight is 491 g/mol. The number of ether oxygens (including phenoxy) is 1. The van der Waals surface area contributed by atoms with Gasteiger partial charge in [0.05, 0.1) is 5.69 Å². The summed E-state index contributed by atoms with van der Waals surface area (Å²) in [7, 11) is 0. The molecular formula is C30H22N2O3S. The van der Waals surface area contributed by atoms with Crippen LogP contribution in [-0.2, 0) is 9.59 Å². The first-order valence-electron chi connectivity index (χ1n) is 11.4. The van der Waals surface area contributed by atoms with Crippen molar-refractivity contribution in [3.8, 4) is 22.6 Å². The largest absolute Gasteiger partial charge is 0.457 e. The summed E-state index contributed by atoms with van der Waals surface area (Å²) in [6, 6.07) is 32.2. The molecule has 0 spiro atoms. The highest BCUT2D eigenvalue weighted by Gasteiger charge is 2.34. The lowest BCUT2D eigenvalue weighted by Gasteiger charge is -2.29. The molecule has 5 rings (SSSR count). The predicted molar refractivity (Wildman–Crippen MR) is 146 cm³/mol. The van der Waals surface area contributed by atoms with Gasteiger partial charge in [-0.3, -0.25) is 19.8 Å². The van der Waals surface area contributed by atoms with Gasteiger partial charge in [-0.05, 0) is 78.3 Å². The fourth-order valence-corrected chi connectivity index (χ4v) is 4.24. The monoisotopic (exact) mass is 490 g/mol. The van der Waals surface area contributed by atoms with Crippen molar-refractivity contribution in [2.45, 2.75) is 6.92 Å². The van der Waals surface area contributed by atoms with Gasteiger partial charge in [0.2, 0.25) is 0 Å². The molecule has 1 saturated heterocycles. The summed E-state index contributed by atoms with van der Waals surface area (Å²) in [6.07, 6.45) is 1.62. The lowest BCUT2D eigenvalue weighted by Crippen LogP contribution is -2.54. The van der Waals surface area contributed by atoms with E-state index < -0.39 is 11.8 Å². The minimum Gasteiger partial charge on any atom is -0.457 e. The minimum absolute atomic E-state index is 0.00720. The molecule has 1 aliphatic rings. The number of carbonyl (C=O) groups excluding carboxylic acids is 2. The van der Waals surface area contributed by atoms with E-state index in [1.807, 2.05) is 85.8 Å². The second-order valence-electron chi connectivity index (χ2n) is 8.32. The highest BCUT2D eigenvalue weighted by atomic mass is 32.1. The molecular weight excluding hydrogens is 468 g/mol. The van der Waals surface area contributed by atoms with Crippen LogP contribution in [0.15, 0.2) is 109 Å². The summed E-state index contributed by atoms with van der Waals surface area (Å²) in [6.45, 7) is 2.03. The quantitative estimate of drug-likeness (QED) is 0.203. The molecule has 0 saturated carbocycles. The summed E-state index contributed by atoms with van der Waals surface area (Å²) in [5.74, 6) is 0.315. The number of anilines is 1. The molecule has 5 nitrogen and oxygen atoms in total. The zero-order chi connectivity index (χ0) is 25.1. The highest BCUT2D eigenvalue weighted by Crippen LogP contribution is 2.29. The maximum atomic E-state index is 13.5. The normalized spacial score (nSPS) is 14.6. The minimum atomic E-state index is -0.524. The van der Waals surface area contributed by atoms with Crippen molar-refractivity contribution in [1.82, 2.24) is 5.32 Å². The van der Waals surface area contributed by atoms with Gasteiger partial charge >= 0.3 is 0 Å². The Hall–Kier alpha value is -4.55. The Morgan fingerprint density at radius 3 is 2.14 bits per heavy atom. The molecule has 6 heteroatoms. The van der Waals surface area contributed by atoms with Crippen LogP contribution in [0.5, 0.6) is 11.5 Å². The number of thiocarbonyl (C=S) groups is 1. The highest BCUT2D eigenvalue weighted by molar-refractivity contribution is 7.80. The zero-order valence-corrected chi connectivity index (χ0v) is 20.3. The number of aryl methyl sites for hydroxylation is 1. The van der Waals surface area contributed by atoms with Crippen LogP contribution in [0.4, 0.5) is 5.69 Å². The van der Waals surface area contributed by atoms with Gasteiger partial charge in [0.15, 0.2) is 5.11 Å². The molecule has 0 bridgehead atoms. The lowest BCUT2D eigenvalue weighted by atomic mass is 9.96. The van der Waals surface area contributed by atoms with Gasteiger partial charge in [0, 0.05) is 0 Å². The molecule has 0 radical (unpaired) electrons. The molecule has 36 heavy (non-hydrogen) atoms. The maximum Gasteiger partial charge on any atom is 0.270 e. The lowest BCUT2D eigenvalue weighted by molar-refractivity contribution is -0.122. The SMILES string of the molecule is Cc1ccc(-c2ccccc2/C=C2\C(=O)NC(=S)N(c3ccc(Oc4ccccc4)cc3)C2=O)cc1. The zero-order valence-electron chi connectivity index (χ0n) is 19.5. The summed E-state index contributed by atoms with van der Waals surface area (Å²) in [4.78, 5) is 27.6. The number of benzene rings is 4. The van der Waals surface area contributed by atoms with Crippen LogP contribution >= 0.6 is 12.2 Å². The van der Waals surface area contributed by atoms with Crippen LogP contribution in [0, 0.1) is 6.92 Å². The first-order valence-corrected chi connectivity index (χ1v) is 11.8. The molecule has 176 valence electrons. The number of amides is 2. The molecule has 4 aromatic carbocycles. The van der Waals surface area contributed by atoms with E-state index in [4.69, 9.17) is 17.0 Å². The molecule has 0 aliphatic carbocycles. The Morgan fingerprint density at radius 1 is 0.778 bits per heavy atom. The Bertz CT molecular complexity index is 1480.